The summed E-state index contributed by atoms with van der Waals surface area (Å²) in [4.78, 5) is 6.41. The van der Waals surface area contributed by atoms with E-state index in [4.69, 9.17) is 5.11 Å². The predicted molar refractivity (Wildman–Crippen MR) is 104 cm³/mol. The zero-order valence-electron chi connectivity index (χ0n) is 15.8. The lowest BCUT2D eigenvalue weighted by atomic mass is 10.1. The van der Waals surface area contributed by atoms with E-state index < -0.39 is 0 Å². The standard InChI is InChI=1S/C21H27N5O/c22-16-19-15-20(18-5-2-1-3-6-18)17-24-21(19)23-7-4-8-25-9-11-26(12-10-25)13-14-27/h1-3,5-6,15,17,27H,4,7-14H2,(H,23,24)/p+3. The molecular weight excluding hydrogens is 338 g/mol. The highest BCUT2D eigenvalue weighted by Crippen LogP contribution is 2.20. The van der Waals surface area contributed by atoms with Crippen molar-refractivity contribution < 1.29 is 19.9 Å². The van der Waals surface area contributed by atoms with Gasteiger partial charge in [-0.1, -0.05) is 30.3 Å². The topological polar surface area (TPSA) is 79.1 Å². The summed E-state index contributed by atoms with van der Waals surface area (Å²) in [6.07, 6.45) is 3.02. The Bertz CT molecular complexity index is 751. The molecule has 0 amide bonds. The molecule has 1 aliphatic heterocycles. The molecule has 3 rings (SSSR count). The number of anilines is 1. The quantitative estimate of drug-likeness (QED) is 0.434. The van der Waals surface area contributed by atoms with Crippen LogP contribution in [0.1, 0.15) is 12.0 Å². The Morgan fingerprint density at radius 1 is 1.04 bits per heavy atom. The van der Waals surface area contributed by atoms with E-state index in [1.807, 2.05) is 42.6 Å². The summed E-state index contributed by atoms with van der Waals surface area (Å²) in [5, 5.41) is 21.9. The zero-order chi connectivity index (χ0) is 18.9. The summed E-state index contributed by atoms with van der Waals surface area (Å²) in [5.41, 5.74) is 2.76. The van der Waals surface area contributed by atoms with Gasteiger partial charge in [-0.05, 0) is 11.6 Å². The summed E-state index contributed by atoms with van der Waals surface area (Å²) < 4.78 is 0. The van der Waals surface area contributed by atoms with Gasteiger partial charge in [-0.2, -0.15) is 5.26 Å². The first-order chi connectivity index (χ1) is 13.3. The van der Waals surface area contributed by atoms with Crippen LogP contribution in [0.5, 0.6) is 0 Å². The minimum atomic E-state index is 0.287. The maximum atomic E-state index is 9.48. The Morgan fingerprint density at radius 2 is 1.74 bits per heavy atom. The number of aliphatic hydroxyl groups excluding tert-OH is 1. The molecule has 0 spiro atoms. The van der Waals surface area contributed by atoms with Gasteiger partial charge in [0.15, 0.2) is 0 Å². The fourth-order valence-electron chi connectivity index (χ4n) is 3.70. The fraction of sp³-hybridized carbons (Fsp3) is 0.429. The predicted octanol–water partition coefficient (Wildman–Crippen LogP) is -1.38. The maximum Gasteiger partial charge on any atom is 0.290 e. The molecule has 0 atom stereocenters. The third-order valence-electron chi connectivity index (χ3n) is 5.31. The number of hydrogen-bond acceptors (Lipinski definition) is 3. The van der Waals surface area contributed by atoms with E-state index in [1.165, 1.54) is 18.0 Å². The van der Waals surface area contributed by atoms with Gasteiger partial charge in [-0.25, -0.2) is 4.98 Å². The molecule has 1 aromatic carbocycles. The number of piperazine rings is 1. The van der Waals surface area contributed by atoms with Gasteiger partial charge in [0.25, 0.3) is 5.82 Å². The summed E-state index contributed by atoms with van der Waals surface area (Å²) in [6.45, 7) is 7.81. The number of nitrogens with zero attached hydrogens (tertiary/aromatic N) is 1. The Balaban J connectivity index is 1.47. The molecule has 0 radical (unpaired) electrons. The van der Waals surface area contributed by atoms with Crippen molar-refractivity contribution in [1.29, 1.82) is 5.26 Å². The van der Waals surface area contributed by atoms with Gasteiger partial charge in [-0.3, -0.25) is 5.32 Å². The molecule has 1 fully saturated rings. The second-order valence-corrected chi connectivity index (χ2v) is 7.16. The third kappa shape index (κ3) is 5.51. The van der Waals surface area contributed by atoms with Crippen molar-refractivity contribution in [3.63, 3.8) is 0 Å². The van der Waals surface area contributed by atoms with Crippen LogP contribution in [-0.4, -0.2) is 57.5 Å². The molecule has 27 heavy (non-hydrogen) atoms. The van der Waals surface area contributed by atoms with Crippen LogP contribution in [0.4, 0.5) is 5.82 Å². The van der Waals surface area contributed by atoms with Crippen LogP contribution in [0.25, 0.3) is 11.1 Å². The highest BCUT2D eigenvalue weighted by atomic mass is 16.3. The second kappa shape index (κ2) is 10.0. The summed E-state index contributed by atoms with van der Waals surface area (Å²) in [7, 11) is 0. The van der Waals surface area contributed by atoms with Crippen molar-refractivity contribution in [2.45, 2.75) is 6.42 Å². The molecule has 6 nitrogen and oxygen atoms in total. The SMILES string of the molecule is N#Cc1cc(-c2ccccc2)c[nH+]c1NCCC[NH+]1CC[NH+](CCO)CC1. The van der Waals surface area contributed by atoms with Crippen LogP contribution in [-0.2, 0) is 0 Å². The monoisotopic (exact) mass is 368 g/mol. The van der Waals surface area contributed by atoms with Crippen molar-refractivity contribution in [2.24, 2.45) is 0 Å². The Labute approximate surface area is 161 Å². The van der Waals surface area contributed by atoms with Crippen molar-refractivity contribution in [3.05, 3.63) is 48.2 Å². The van der Waals surface area contributed by atoms with E-state index in [2.05, 4.69) is 16.4 Å². The molecule has 0 saturated carbocycles. The number of nitriles is 1. The van der Waals surface area contributed by atoms with E-state index in [0.717, 1.165) is 56.1 Å². The van der Waals surface area contributed by atoms with Crippen LogP contribution >= 0.6 is 0 Å². The van der Waals surface area contributed by atoms with Crippen LogP contribution in [0.2, 0.25) is 0 Å². The Kier molecular flexibility index (Phi) is 7.17. The molecule has 2 heterocycles. The minimum absolute atomic E-state index is 0.287. The van der Waals surface area contributed by atoms with Crippen LogP contribution in [0.3, 0.4) is 0 Å². The summed E-state index contributed by atoms with van der Waals surface area (Å²) >= 11 is 0. The molecule has 1 aromatic heterocycles. The van der Waals surface area contributed by atoms with E-state index in [-0.39, 0.29) is 6.61 Å². The molecule has 1 aliphatic rings. The van der Waals surface area contributed by atoms with Gasteiger partial charge in [0, 0.05) is 12.0 Å². The first-order valence-corrected chi connectivity index (χ1v) is 9.83. The molecule has 2 aromatic rings. The van der Waals surface area contributed by atoms with Crippen LogP contribution < -0.4 is 20.1 Å². The number of pyridine rings is 1. The average Bonchev–Trinajstić information content (AvgIpc) is 2.73. The molecular formula is C21H30N5O+3. The third-order valence-corrected chi connectivity index (χ3v) is 5.31. The number of aliphatic hydroxyl groups is 1. The molecule has 1 saturated heterocycles. The van der Waals surface area contributed by atoms with Gasteiger partial charge in [0.1, 0.15) is 44.4 Å². The number of rotatable bonds is 8. The molecule has 6 heteroatoms. The maximum absolute atomic E-state index is 9.48. The van der Waals surface area contributed by atoms with Gasteiger partial charge < -0.3 is 14.9 Å². The van der Waals surface area contributed by atoms with E-state index in [1.54, 1.807) is 4.90 Å². The lowest BCUT2D eigenvalue weighted by molar-refractivity contribution is -1.01. The van der Waals surface area contributed by atoms with Crippen LogP contribution in [0.15, 0.2) is 42.6 Å². The smallest absolute Gasteiger partial charge is 0.290 e. The molecule has 142 valence electrons. The first-order valence-electron chi connectivity index (χ1n) is 9.83. The van der Waals surface area contributed by atoms with Gasteiger partial charge in [-0.15, -0.1) is 0 Å². The van der Waals surface area contributed by atoms with Gasteiger partial charge in [0.05, 0.1) is 25.9 Å². The van der Waals surface area contributed by atoms with Crippen LogP contribution in [0, 0.1) is 11.3 Å². The lowest BCUT2D eigenvalue weighted by Gasteiger charge is -2.29. The lowest BCUT2D eigenvalue weighted by Crippen LogP contribution is -3.28. The van der Waals surface area contributed by atoms with E-state index >= 15 is 0 Å². The highest BCUT2D eigenvalue weighted by molar-refractivity contribution is 5.65. The van der Waals surface area contributed by atoms with Crippen molar-refractivity contribution >= 4 is 5.82 Å². The Hall–Kier alpha value is -2.46. The molecule has 0 aliphatic carbocycles. The highest BCUT2D eigenvalue weighted by Gasteiger charge is 2.22. The number of benzene rings is 1. The number of nitrogens with one attached hydrogen (secondary N) is 4. The van der Waals surface area contributed by atoms with Crippen molar-refractivity contribution in [3.8, 4) is 17.2 Å². The molecule has 0 unspecified atom stereocenters. The second-order valence-electron chi connectivity index (χ2n) is 7.16. The number of H-pyrrole nitrogens is 1. The number of hydrogen-bond donors (Lipinski definition) is 4. The summed E-state index contributed by atoms with van der Waals surface area (Å²) in [5.74, 6) is 0.796. The van der Waals surface area contributed by atoms with Crippen molar-refractivity contribution in [1.82, 2.24) is 0 Å². The zero-order valence-corrected chi connectivity index (χ0v) is 15.8. The largest absolute Gasteiger partial charge is 0.391 e. The van der Waals surface area contributed by atoms with Gasteiger partial charge in [0.2, 0.25) is 0 Å². The average molecular weight is 369 g/mol. The molecule has 0 bridgehead atoms. The first kappa shape index (κ1) is 19.3. The fourth-order valence-corrected chi connectivity index (χ4v) is 3.70. The number of aromatic nitrogens is 1. The Morgan fingerprint density at radius 3 is 2.41 bits per heavy atom. The summed E-state index contributed by atoms with van der Waals surface area (Å²) in [6, 6.07) is 14.3. The van der Waals surface area contributed by atoms with E-state index in [9.17, 15) is 5.26 Å². The van der Waals surface area contributed by atoms with E-state index in [0.29, 0.717) is 5.56 Å². The van der Waals surface area contributed by atoms with Crippen molar-refractivity contribution in [2.75, 3.05) is 57.7 Å². The minimum Gasteiger partial charge on any atom is -0.391 e. The number of quaternary nitrogens is 2. The van der Waals surface area contributed by atoms with Gasteiger partial charge >= 0.3 is 0 Å². The number of aromatic amines is 1. The molecule has 5 N–H and O–H groups in total. The normalized spacial score (nSPS) is 19.4.